The lowest BCUT2D eigenvalue weighted by Crippen LogP contribution is -2.62. The largest absolute Gasteiger partial charge is 0.465 e. The molecule has 0 aromatic heterocycles. The number of carbonyl (C=O) groups is 1. The second-order valence-electron chi connectivity index (χ2n) is 4.96. The Balaban J connectivity index is 5.09. The van der Waals surface area contributed by atoms with Crippen molar-refractivity contribution < 1.29 is 15.0 Å². The molecule has 1 amide bonds. The Bertz CT molecular complexity index is 208. The number of hydrogen-bond donors (Lipinski definition) is 3. The van der Waals surface area contributed by atoms with Crippen LogP contribution in [0.2, 0.25) is 0 Å². The highest BCUT2D eigenvalue weighted by molar-refractivity contribution is 5.66. The van der Waals surface area contributed by atoms with Crippen LogP contribution in [0.4, 0.5) is 4.79 Å². The highest BCUT2D eigenvalue weighted by atomic mass is 16.4. The van der Waals surface area contributed by atoms with Crippen LogP contribution in [0.3, 0.4) is 0 Å². The summed E-state index contributed by atoms with van der Waals surface area (Å²) in [7, 11) is 0. The molecule has 0 spiro atoms. The summed E-state index contributed by atoms with van der Waals surface area (Å²) in [5.74, 6) is 0.0311. The number of rotatable bonds is 3. The van der Waals surface area contributed by atoms with Gasteiger partial charge in [-0.3, -0.25) is 0 Å². The van der Waals surface area contributed by atoms with Crippen molar-refractivity contribution in [1.29, 1.82) is 0 Å². The lowest BCUT2D eigenvalue weighted by molar-refractivity contribution is 0.0236. The van der Waals surface area contributed by atoms with Gasteiger partial charge in [0.25, 0.3) is 0 Å². The fraction of sp³-hybridized carbons (Fsp3) is 0.900. The summed E-state index contributed by atoms with van der Waals surface area (Å²) in [6, 6.07) is 0. The predicted molar refractivity (Wildman–Crippen MR) is 55.3 cm³/mol. The fourth-order valence-corrected chi connectivity index (χ4v) is 1.85. The van der Waals surface area contributed by atoms with Gasteiger partial charge < -0.3 is 15.5 Å². The van der Waals surface area contributed by atoms with Crippen molar-refractivity contribution in [2.75, 3.05) is 6.61 Å². The van der Waals surface area contributed by atoms with Gasteiger partial charge in [-0.1, -0.05) is 34.6 Å². The Morgan fingerprint density at radius 1 is 1.36 bits per heavy atom. The second kappa shape index (κ2) is 4.17. The van der Waals surface area contributed by atoms with Crippen molar-refractivity contribution in [3.8, 4) is 0 Å². The summed E-state index contributed by atoms with van der Waals surface area (Å²) in [5.41, 5.74) is -1.12. The van der Waals surface area contributed by atoms with Crippen molar-refractivity contribution in [3.05, 3.63) is 0 Å². The standard InChI is InChI=1S/C10H21NO3/c1-7(2)10(6-12,9(3,4)5)11-8(13)14/h7,11-12H,6H2,1-5H3,(H,13,14)/t10-/m0/s1. The van der Waals surface area contributed by atoms with E-state index < -0.39 is 11.6 Å². The van der Waals surface area contributed by atoms with Crippen LogP contribution in [0.25, 0.3) is 0 Å². The topological polar surface area (TPSA) is 69.6 Å². The van der Waals surface area contributed by atoms with Crippen LogP contribution in [0.5, 0.6) is 0 Å². The molecule has 0 aliphatic rings. The zero-order valence-corrected chi connectivity index (χ0v) is 9.59. The van der Waals surface area contributed by atoms with Crippen molar-refractivity contribution in [3.63, 3.8) is 0 Å². The third-order valence-electron chi connectivity index (χ3n) is 2.90. The minimum Gasteiger partial charge on any atom is -0.465 e. The van der Waals surface area contributed by atoms with Crippen LogP contribution in [0.15, 0.2) is 0 Å². The van der Waals surface area contributed by atoms with Gasteiger partial charge in [0, 0.05) is 0 Å². The number of hydrogen-bond acceptors (Lipinski definition) is 2. The molecule has 84 valence electrons. The molecule has 0 heterocycles. The molecule has 0 aromatic carbocycles. The van der Waals surface area contributed by atoms with Gasteiger partial charge in [0.05, 0.1) is 12.1 Å². The molecular formula is C10H21NO3. The molecule has 0 radical (unpaired) electrons. The highest BCUT2D eigenvalue weighted by Gasteiger charge is 2.45. The van der Waals surface area contributed by atoms with Gasteiger partial charge in [-0.2, -0.15) is 0 Å². The maximum Gasteiger partial charge on any atom is 0.405 e. The molecule has 4 nitrogen and oxygen atoms in total. The number of carboxylic acid groups (broad SMARTS) is 1. The first-order chi connectivity index (χ1) is 6.17. The van der Waals surface area contributed by atoms with E-state index in [2.05, 4.69) is 5.32 Å². The summed E-state index contributed by atoms with van der Waals surface area (Å²) in [5, 5.41) is 20.6. The molecule has 0 fully saturated rings. The van der Waals surface area contributed by atoms with E-state index >= 15 is 0 Å². The van der Waals surface area contributed by atoms with Crippen LogP contribution in [0, 0.1) is 11.3 Å². The van der Waals surface area contributed by atoms with Crippen molar-refractivity contribution >= 4 is 6.09 Å². The van der Waals surface area contributed by atoms with E-state index in [0.717, 1.165) is 0 Å². The van der Waals surface area contributed by atoms with E-state index in [9.17, 15) is 9.90 Å². The highest BCUT2D eigenvalue weighted by Crippen LogP contribution is 2.36. The average molecular weight is 203 g/mol. The molecule has 0 aliphatic heterocycles. The van der Waals surface area contributed by atoms with E-state index in [1.807, 2.05) is 34.6 Å². The molecule has 14 heavy (non-hydrogen) atoms. The summed E-state index contributed by atoms with van der Waals surface area (Å²) in [4.78, 5) is 10.7. The van der Waals surface area contributed by atoms with E-state index in [1.54, 1.807) is 0 Å². The maximum absolute atomic E-state index is 10.7. The molecule has 0 bridgehead atoms. The van der Waals surface area contributed by atoms with Crippen LogP contribution in [0.1, 0.15) is 34.6 Å². The predicted octanol–water partition coefficient (Wildman–Crippen LogP) is 1.69. The summed E-state index contributed by atoms with van der Waals surface area (Å²) < 4.78 is 0. The van der Waals surface area contributed by atoms with Crippen molar-refractivity contribution in [1.82, 2.24) is 5.32 Å². The fourth-order valence-electron chi connectivity index (χ4n) is 1.85. The molecule has 3 N–H and O–H groups in total. The SMILES string of the molecule is CC(C)[C@](CO)(NC(=O)O)C(C)(C)C. The molecule has 0 saturated heterocycles. The van der Waals surface area contributed by atoms with Gasteiger partial charge in [-0.15, -0.1) is 0 Å². The minimum atomic E-state index is -1.09. The van der Waals surface area contributed by atoms with Crippen molar-refractivity contribution in [2.24, 2.45) is 11.3 Å². The molecular weight excluding hydrogens is 182 g/mol. The van der Waals surface area contributed by atoms with Gasteiger partial charge in [-0.25, -0.2) is 4.79 Å². The third kappa shape index (κ3) is 2.38. The van der Waals surface area contributed by atoms with Crippen LogP contribution in [-0.2, 0) is 0 Å². The van der Waals surface area contributed by atoms with E-state index in [1.165, 1.54) is 0 Å². The minimum absolute atomic E-state index is 0.0311. The molecule has 0 aliphatic carbocycles. The van der Waals surface area contributed by atoms with Gasteiger partial charge in [0.2, 0.25) is 0 Å². The maximum atomic E-state index is 10.7. The molecule has 0 aromatic rings. The lowest BCUT2D eigenvalue weighted by atomic mass is 9.67. The quantitative estimate of drug-likeness (QED) is 0.653. The number of amides is 1. The summed E-state index contributed by atoms with van der Waals surface area (Å²) in [6.45, 7) is 9.35. The van der Waals surface area contributed by atoms with Gasteiger partial charge in [-0.05, 0) is 11.3 Å². The van der Waals surface area contributed by atoms with E-state index in [0.29, 0.717) is 0 Å². The zero-order valence-electron chi connectivity index (χ0n) is 9.59. The normalized spacial score (nSPS) is 16.5. The molecule has 4 heteroatoms. The number of aliphatic hydroxyl groups excluding tert-OH is 1. The second-order valence-corrected chi connectivity index (χ2v) is 4.96. The van der Waals surface area contributed by atoms with Crippen LogP contribution >= 0.6 is 0 Å². The first-order valence-electron chi connectivity index (χ1n) is 4.79. The zero-order chi connectivity index (χ0) is 11.6. The molecule has 1 atom stereocenters. The van der Waals surface area contributed by atoms with Crippen LogP contribution < -0.4 is 5.32 Å². The van der Waals surface area contributed by atoms with Gasteiger partial charge in [0.1, 0.15) is 0 Å². The smallest absolute Gasteiger partial charge is 0.405 e. The first-order valence-corrected chi connectivity index (χ1v) is 4.79. The van der Waals surface area contributed by atoms with Gasteiger partial charge in [0.15, 0.2) is 0 Å². The first kappa shape index (κ1) is 13.2. The Hall–Kier alpha value is -0.770. The number of nitrogens with one attached hydrogen (secondary N) is 1. The Labute approximate surface area is 85.3 Å². The average Bonchev–Trinajstić information content (AvgIpc) is 1.96. The van der Waals surface area contributed by atoms with E-state index in [4.69, 9.17) is 5.11 Å². The van der Waals surface area contributed by atoms with Crippen LogP contribution in [-0.4, -0.2) is 28.5 Å². The Morgan fingerprint density at radius 2 is 1.79 bits per heavy atom. The Kier molecular flexibility index (Phi) is 3.94. The van der Waals surface area contributed by atoms with E-state index in [-0.39, 0.29) is 17.9 Å². The summed E-state index contributed by atoms with van der Waals surface area (Å²) in [6.07, 6.45) is -1.09. The Morgan fingerprint density at radius 3 is 1.86 bits per heavy atom. The monoisotopic (exact) mass is 203 g/mol. The van der Waals surface area contributed by atoms with Crippen molar-refractivity contribution in [2.45, 2.75) is 40.2 Å². The third-order valence-corrected chi connectivity index (χ3v) is 2.90. The number of aliphatic hydroxyl groups is 1. The molecule has 0 rings (SSSR count). The lowest BCUT2D eigenvalue weighted by Gasteiger charge is -2.46. The molecule has 0 unspecified atom stereocenters. The molecule has 0 saturated carbocycles. The summed E-state index contributed by atoms with van der Waals surface area (Å²) >= 11 is 0. The van der Waals surface area contributed by atoms with Gasteiger partial charge >= 0.3 is 6.09 Å².